The van der Waals surface area contributed by atoms with E-state index in [0.29, 0.717) is 18.9 Å². The van der Waals surface area contributed by atoms with E-state index in [1.807, 2.05) is 0 Å². The second-order valence-electron chi connectivity index (χ2n) is 6.33. The zero-order valence-corrected chi connectivity index (χ0v) is 14.9. The van der Waals surface area contributed by atoms with Gasteiger partial charge in [0.2, 0.25) is 0 Å². The van der Waals surface area contributed by atoms with Crippen LogP contribution in [-0.2, 0) is 6.18 Å². The molecule has 0 aliphatic heterocycles. The smallest absolute Gasteiger partial charge is 0.493 e. The van der Waals surface area contributed by atoms with Crippen LogP contribution < -0.4 is 14.2 Å². The van der Waals surface area contributed by atoms with Gasteiger partial charge in [-0.2, -0.15) is 13.2 Å². The molecule has 156 valence electrons. The second kappa shape index (κ2) is 7.49. The molecule has 0 saturated heterocycles. The summed E-state index contributed by atoms with van der Waals surface area (Å²) in [6.07, 6.45) is -8.17. The number of carbonyl (C=O) groups is 1. The molecule has 0 bridgehead atoms. The number of rotatable bonds is 6. The minimum atomic E-state index is -4.91. The second-order valence-corrected chi connectivity index (χ2v) is 6.33. The van der Waals surface area contributed by atoms with Gasteiger partial charge in [-0.05, 0) is 48.6 Å². The molecule has 0 radical (unpaired) electrons. The van der Waals surface area contributed by atoms with Crippen LogP contribution in [0.15, 0.2) is 30.3 Å². The highest BCUT2D eigenvalue weighted by molar-refractivity contribution is 5.80. The van der Waals surface area contributed by atoms with E-state index in [1.165, 1.54) is 7.11 Å². The molecule has 0 heterocycles. The van der Waals surface area contributed by atoms with Gasteiger partial charge in [-0.25, -0.2) is 0 Å². The fourth-order valence-electron chi connectivity index (χ4n) is 2.82. The van der Waals surface area contributed by atoms with Crippen LogP contribution in [0.5, 0.6) is 23.0 Å². The van der Waals surface area contributed by atoms with Gasteiger partial charge in [0, 0.05) is 6.07 Å². The molecular weight excluding hydrogens is 406 g/mol. The summed E-state index contributed by atoms with van der Waals surface area (Å²) in [7, 11) is 1.17. The van der Waals surface area contributed by atoms with E-state index in [2.05, 4.69) is 4.74 Å². The Labute approximate surface area is 161 Å². The molecule has 2 aromatic rings. The van der Waals surface area contributed by atoms with Crippen LogP contribution in [0.2, 0.25) is 0 Å². The largest absolute Gasteiger partial charge is 0.573 e. The molecule has 1 fully saturated rings. The molecule has 29 heavy (non-hydrogen) atoms. The van der Waals surface area contributed by atoms with Crippen LogP contribution in [0.3, 0.4) is 0 Å². The molecule has 0 atom stereocenters. The van der Waals surface area contributed by atoms with Crippen LogP contribution in [0, 0.1) is 0 Å². The maximum Gasteiger partial charge on any atom is 0.573 e. The number of hydrogen-bond donors (Lipinski definition) is 0. The molecule has 0 N–H and O–H groups in total. The predicted molar refractivity (Wildman–Crippen MR) is 88.6 cm³/mol. The average Bonchev–Trinajstić information content (AvgIpc) is 3.45. The Bertz CT molecular complexity index is 916. The van der Waals surface area contributed by atoms with E-state index in [4.69, 9.17) is 9.47 Å². The number of carbonyl (C=O) groups excluding carboxylic acids is 1. The maximum absolute atomic E-state index is 13.3. The van der Waals surface area contributed by atoms with E-state index in [0.717, 1.165) is 24.3 Å². The summed E-state index contributed by atoms with van der Waals surface area (Å²) in [4.78, 5) is 11.3. The molecule has 4 nitrogen and oxygen atoms in total. The molecule has 2 aromatic carbocycles. The fraction of sp³-hybridized carbons (Fsp3) is 0.316. The number of methoxy groups -OCH3 is 1. The van der Waals surface area contributed by atoms with Crippen LogP contribution in [0.1, 0.15) is 40.2 Å². The standard InChI is InChI=1S/C19H14F6O4/c1-27-17-7-12(29-19(23,24)25)4-5-15(17)28-16-8-13(10-2-3-10)14(18(20,21)22)6-11(16)9-26/h4-10H,2-3H2,1H3. The van der Waals surface area contributed by atoms with Crippen LogP contribution in [-0.4, -0.2) is 19.8 Å². The van der Waals surface area contributed by atoms with Gasteiger partial charge >= 0.3 is 12.5 Å². The third-order valence-corrected chi connectivity index (χ3v) is 4.22. The van der Waals surface area contributed by atoms with Gasteiger partial charge in [0.05, 0.1) is 18.2 Å². The van der Waals surface area contributed by atoms with Gasteiger partial charge in [0.25, 0.3) is 0 Å². The Hall–Kier alpha value is -2.91. The van der Waals surface area contributed by atoms with Gasteiger partial charge in [0.1, 0.15) is 11.5 Å². The number of alkyl halides is 6. The van der Waals surface area contributed by atoms with Crippen LogP contribution in [0.4, 0.5) is 26.3 Å². The fourth-order valence-corrected chi connectivity index (χ4v) is 2.82. The zero-order valence-electron chi connectivity index (χ0n) is 14.9. The minimum Gasteiger partial charge on any atom is -0.493 e. The lowest BCUT2D eigenvalue weighted by Crippen LogP contribution is -2.17. The predicted octanol–water partition coefficient (Wildman–Crippen LogP) is 6.09. The third kappa shape index (κ3) is 4.93. The molecule has 0 unspecified atom stereocenters. The van der Waals surface area contributed by atoms with Gasteiger partial charge < -0.3 is 14.2 Å². The highest BCUT2D eigenvalue weighted by atomic mass is 19.4. The summed E-state index contributed by atoms with van der Waals surface area (Å²) < 4.78 is 91.4. The molecule has 1 aliphatic rings. The first-order valence-electron chi connectivity index (χ1n) is 8.34. The first-order valence-corrected chi connectivity index (χ1v) is 8.34. The van der Waals surface area contributed by atoms with Crippen molar-refractivity contribution in [2.24, 2.45) is 0 Å². The molecule has 1 saturated carbocycles. The molecular formula is C19H14F6O4. The van der Waals surface area contributed by atoms with Crippen molar-refractivity contribution in [3.8, 4) is 23.0 Å². The SMILES string of the molecule is COc1cc(OC(F)(F)F)ccc1Oc1cc(C2CC2)c(C(F)(F)F)cc1C=O. The summed E-state index contributed by atoms with van der Waals surface area (Å²) >= 11 is 0. The molecule has 3 rings (SSSR count). The quantitative estimate of drug-likeness (QED) is 0.419. The zero-order chi connectivity index (χ0) is 21.4. The average molecular weight is 420 g/mol. The lowest BCUT2D eigenvalue weighted by atomic mass is 9.99. The first kappa shape index (κ1) is 20.8. The summed E-state index contributed by atoms with van der Waals surface area (Å²) in [5, 5.41) is 0. The highest BCUT2D eigenvalue weighted by Crippen LogP contribution is 2.48. The van der Waals surface area contributed by atoms with E-state index < -0.39 is 23.9 Å². The van der Waals surface area contributed by atoms with E-state index >= 15 is 0 Å². The van der Waals surface area contributed by atoms with Crippen LogP contribution in [0.25, 0.3) is 0 Å². The Morgan fingerprint density at radius 1 is 0.966 bits per heavy atom. The maximum atomic E-state index is 13.3. The summed E-state index contributed by atoms with van der Waals surface area (Å²) in [5.41, 5.74) is -1.25. The van der Waals surface area contributed by atoms with Gasteiger partial charge in [-0.3, -0.25) is 4.79 Å². The molecule has 10 heteroatoms. The number of ether oxygens (including phenoxy) is 3. The van der Waals surface area contributed by atoms with Crippen molar-refractivity contribution >= 4 is 6.29 Å². The summed E-state index contributed by atoms with van der Waals surface area (Å²) in [5.74, 6) is -1.26. The van der Waals surface area contributed by atoms with Crippen molar-refractivity contribution in [3.63, 3.8) is 0 Å². The monoisotopic (exact) mass is 420 g/mol. The lowest BCUT2D eigenvalue weighted by Gasteiger charge is -2.18. The van der Waals surface area contributed by atoms with E-state index in [9.17, 15) is 31.1 Å². The molecule has 0 aromatic heterocycles. The summed E-state index contributed by atoms with van der Waals surface area (Å²) in [6, 6.07) is 4.82. The van der Waals surface area contributed by atoms with Crippen LogP contribution >= 0.6 is 0 Å². The van der Waals surface area contributed by atoms with Crippen molar-refractivity contribution in [1.29, 1.82) is 0 Å². The Balaban J connectivity index is 1.99. The molecule has 0 spiro atoms. The Kier molecular flexibility index (Phi) is 5.38. The van der Waals surface area contributed by atoms with Crippen molar-refractivity contribution < 1.29 is 45.3 Å². The van der Waals surface area contributed by atoms with E-state index in [-0.39, 0.29) is 40.6 Å². The normalized spacial score (nSPS) is 14.4. The van der Waals surface area contributed by atoms with Crippen molar-refractivity contribution in [1.82, 2.24) is 0 Å². The van der Waals surface area contributed by atoms with E-state index in [1.54, 1.807) is 0 Å². The van der Waals surface area contributed by atoms with Gasteiger partial charge in [-0.15, -0.1) is 13.2 Å². The molecule has 1 aliphatic carbocycles. The topological polar surface area (TPSA) is 44.8 Å². The number of halogens is 6. The van der Waals surface area contributed by atoms with Crippen molar-refractivity contribution in [2.45, 2.75) is 31.3 Å². The van der Waals surface area contributed by atoms with Crippen molar-refractivity contribution in [2.75, 3.05) is 7.11 Å². The van der Waals surface area contributed by atoms with Crippen molar-refractivity contribution in [3.05, 3.63) is 47.0 Å². The Morgan fingerprint density at radius 2 is 1.66 bits per heavy atom. The number of hydrogen-bond acceptors (Lipinski definition) is 4. The third-order valence-electron chi connectivity index (χ3n) is 4.22. The number of benzene rings is 2. The first-order chi connectivity index (χ1) is 13.5. The number of aldehydes is 1. The molecule has 0 amide bonds. The minimum absolute atomic E-state index is 0.00842. The summed E-state index contributed by atoms with van der Waals surface area (Å²) in [6.45, 7) is 0. The van der Waals surface area contributed by atoms with Gasteiger partial charge in [0.15, 0.2) is 17.8 Å². The lowest BCUT2D eigenvalue weighted by molar-refractivity contribution is -0.274. The Morgan fingerprint density at radius 3 is 2.17 bits per heavy atom. The van der Waals surface area contributed by atoms with Gasteiger partial charge in [-0.1, -0.05) is 0 Å². The highest BCUT2D eigenvalue weighted by Gasteiger charge is 2.39.